The zero-order chi connectivity index (χ0) is 19.4. The molecule has 1 amide bonds. The van der Waals surface area contributed by atoms with Crippen LogP contribution in [0.15, 0.2) is 63.8 Å². The number of amides is 1. The Kier molecular flexibility index (Phi) is 5.60. The molecule has 0 aliphatic heterocycles. The van der Waals surface area contributed by atoms with Crippen molar-refractivity contribution in [2.45, 2.75) is 32.8 Å². The molecule has 140 valence electrons. The molecular formula is C22H23NO4. The highest BCUT2D eigenvalue weighted by Gasteiger charge is 2.20. The van der Waals surface area contributed by atoms with Gasteiger partial charge in [-0.3, -0.25) is 4.79 Å². The highest BCUT2D eigenvalue weighted by atomic mass is 16.5. The summed E-state index contributed by atoms with van der Waals surface area (Å²) in [6, 6.07) is 16.3. The highest BCUT2D eigenvalue weighted by Crippen LogP contribution is 2.24. The molecule has 5 heteroatoms. The second-order valence-electron chi connectivity index (χ2n) is 6.49. The zero-order valence-corrected chi connectivity index (χ0v) is 15.8. The topological polar surface area (TPSA) is 59.8 Å². The summed E-state index contributed by atoms with van der Waals surface area (Å²) in [5.41, 5.74) is 1.85. The third kappa shape index (κ3) is 4.19. The minimum Gasteiger partial charge on any atom is -0.481 e. The summed E-state index contributed by atoms with van der Waals surface area (Å²) in [5, 5.41) is 0.893. The van der Waals surface area contributed by atoms with Crippen molar-refractivity contribution < 1.29 is 13.9 Å². The van der Waals surface area contributed by atoms with Crippen LogP contribution in [-0.4, -0.2) is 19.1 Å². The lowest BCUT2D eigenvalue weighted by Gasteiger charge is -2.22. The summed E-state index contributed by atoms with van der Waals surface area (Å²) in [4.78, 5) is 26.0. The molecule has 3 rings (SSSR count). The van der Waals surface area contributed by atoms with E-state index in [0.717, 1.165) is 29.5 Å². The van der Waals surface area contributed by atoms with E-state index in [1.54, 1.807) is 31.0 Å². The Hall–Kier alpha value is -3.08. The van der Waals surface area contributed by atoms with E-state index in [1.807, 2.05) is 36.4 Å². The van der Waals surface area contributed by atoms with Gasteiger partial charge >= 0.3 is 5.63 Å². The average molecular weight is 365 g/mol. The van der Waals surface area contributed by atoms with Crippen molar-refractivity contribution in [3.8, 4) is 5.75 Å². The number of para-hydroxylation sites is 1. The number of likely N-dealkylation sites (N-methyl/N-ethyl adjacent to an activating group) is 1. The molecule has 1 aromatic heterocycles. The largest absolute Gasteiger partial charge is 0.481 e. The number of hydrogen-bond acceptors (Lipinski definition) is 4. The predicted octanol–water partition coefficient (Wildman–Crippen LogP) is 4.18. The molecule has 0 saturated carbocycles. The molecular weight excluding hydrogens is 342 g/mol. The summed E-state index contributed by atoms with van der Waals surface area (Å²) in [5.74, 6) is 0.323. The first-order valence-electron chi connectivity index (χ1n) is 9.05. The molecule has 0 N–H and O–H groups in total. The average Bonchev–Trinajstić information content (AvgIpc) is 2.67. The zero-order valence-electron chi connectivity index (χ0n) is 15.8. The van der Waals surface area contributed by atoms with Crippen LogP contribution in [0.25, 0.3) is 11.0 Å². The third-order valence-corrected chi connectivity index (χ3v) is 4.46. The monoisotopic (exact) mass is 365 g/mol. The molecule has 3 aromatic rings. The van der Waals surface area contributed by atoms with Crippen molar-refractivity contribution in [1.82, 2.24) is 0 Å². The normalized spacial score (nSPS) is 12.0. The number of hydrogen-bond donors (Lipinski definition) is 0. The van der Waals surface area contributed by atoms with Gasteiger partial charge < -0.3 is 14.1 Å². The molecule has 0 spiro atoms. The van der Waals surface area contributed by atoms with E-state index in [0.29, 0.717) is 11.3 Å². The fourth-order valence-electron chi connectivity index (χ4n) is 3.07. The Labute approximate surface area is 158 Å². The smallest absolute Gasteiger partial charge is 0.336 e. The number of carbonyl (C=O) groups excluding carboxylic acids is 1. The lowest BCUT2D eigenvalue weighted by molar-refractivity contribution is -0.124. The van der Waals surface area contributed by atoms with Crippen LogP contribution in [-0.2, 0) is 11.2 Å². The fourth-order valence-corrected chi connectivity index (χ4v) is 3.07. The van der Waals surface area contributed by atoms with Gasteiger partial charge in [-0.05, 0) is 43.2 Å². The molecule has 1 heterocycles. The quantitative estimate of drug-likeness (QED) is 0.615. The number of anilines is 1. The van der Waals surface area contributed by atoms with Crippen molar-refractivity contribution >= 4 is 22.6 Å². The first-order chi connectivity index (χ1) is 13.0. The number of fused-ring (bicyclic) bond motifs is 1. The first kappa shape index (κ1) is 18.7. The third-order valence-electron chi connectivity index (χ3n) is 4.46. The van der Waals surface area contributed by atoms with Gasteiger partial charge in [-0.1, -0.05) is 31.5 Å². The van der Waals surface area contributed by atoms with Gasteiger partial charge in [0.1, 0.15) is 11.3 Å². The Balaban J connectivity index is 1.81. The van der Waals surface area contributed by atoms with E-state index in [-0.39, 0.29) is 11.5 Å². The maximum absolute atomic E-state index is 12.6. The Morgan fingerprint density at radius 1 is 1.15 bits per heavy atom. The number of aryl methyl sites for hydroxylation is 1. The van der Waals surface area contributed by atoms with Crippen LogP contribution in [0.4, 0.5) is 5.69 Å². The number of carbonyl (C=O) groups is 1. The fraction of sp³-hybridized carbons (Fsp3) is 0.273. The van der Waals surface area contributed by atoms with E-state index in [2.05, 4.69) is 6.92 Å². The van der Waals surface area contributed by atoms with Gasteiger partial charge in [-0.15, -0.1) is 0 Å². The van der Waals surface area contributed by atoms with Crippen LogP contribution in [0.3, 0.4) is 0 Å². The van der Waals surface area contributed by atoms with Crippen LogP contribution in [0, 0.1) is 0 Å². The molecule has 1 atom stereocenters. The van der Waals surface area contributed by atoms with Crippen LogP contribution in [0.2, 0.25) is 0 Å². The SMILES string of the molecule is CCCc1cc(=O)oc2cc(OC(C)C(=O)N(C)c3ccccc3)ccc12. The van der Waals surface area contributed by atoms with Crippen molar-refractivity contribution in [2.24, 2.45) is 0 Å². The molecule has 0 aliphatic rings. The molecule has 0 radical (unpaired) electrons. The van der Waals surface area contributed by atoms with Crippen molar-refractivity contribution in [2.75, 3.05) is 11.9 Å². The Morgan fingerprint density at radius 3 is 2.59 bits per heavy atom. The summed E-state index contributed by atoms with van der Waals surface area (Å²) in [7, 11) is 1.72. The maximum Gasteiger partial charge on any atom is 0.336 e. The second kappa shape index (κ2) is 8.08. The number of nitrogens with zero attached hydrogens (tertiary/aromatic N) is 1. The van der Waals surface area contributed by atoms with Gasteiger partial charge in [0.2, 0.25) is 0 Å². The predicted molar refractivity (Wildman–Crippen MR) is 106 cm³/mol. The van der Waals surface area contributed by atoms with E-state index in [9.17, 15) is 9.59 Å². The standard InChI is InChI=1S/C22H23NO4/c1-4-8-16-13-21(24)27-20-14-18(11-12-19(16)20)26-15(2)22(25)23(3)17-9-6-5-7-10-17/h5-7,9-15H,4,8H2,1-3H3. The van der Waals surface area contributed by atoms with E-state index in [4.69, 9.17) is 9.15 Å². The summed E-state index contributed by atoms with van der Waals surface area (Å²) in [6.07, 6.45) is 1.06. The molecule has 0 fully saturated rings. The molecule has 0 saturated heterocycles. The van der Waals surface area contributed by atoms with E-state index < -0.39 is 6.10 Å². The lowest BCUT2D eigenvalue weighted by atomic mass is 10.1. The van der Waals surface area contributed by atoms with Gasteiger partial charge in [0.05, 0.1) is 0 Å². The highest BCUT2D eigenvalue weighted by molar-refractivity contribution is 5.96. The summed E-state index contributed by atoms with van der Waals surface area (Å²) >= 11 is 0. The van der Waals surface area contributed by atoms with E-state index >= 15 is 0 Å². The van der Waals surface area contributed by atoms with E-state index in [1.165, 1.54) is 6.07 Å². The van der Waals surface area contributed by atoms with Crippen LogP contribution in [0.5, 0.6) is 5.75 Å². The van der Waals surface area contributed by atoms with Gasteiger partial charge in [0.15, 0.2) is 6.10 Å². The number of benzene rings is 2. The molecule has 5 nitrogen and oxygen atoms in total. The van der Waals surface area contributed by atoms with Crippen LogP contribution < -0.4 is 15.3 Å². The van der Waals surface area contributed by atoms with Crippen molar-refractivity contribution in [1.29, 1.82) is 0 Å². The maximum atomic E-state index is 12.6. The number of ether oxygens (including phenoxy) is 1. The van der Waals surface area contributed by atoms with Crippen LogP contribution in [0.1, 0.15) is 25.8 Å². The van der Waals surface area contributed by atoms with Crippen molar-refractivity contribution in [3.63, 3.8) is 0 Å². The summed E-state index contributed by atoms with van der Waals surface area (Å²) in [6.45, 7) is 3.77. The first-order valence-corrected chi connectivity index (χ1v) is 9.05. The number of rotatable bonds is 6. The molecule has 27 heavy (non-hydrogen) atoms. The Morgan fingerprint density at radius 2 is 1.89 bits per heavy atom. The van der Waals surface area contributed by atoms with Gasteiger partial charge in [-0.2, -0.15) is 0 Å². The molecule has 1 unspecified atom stereocenters. The van der Waals surface area contributed by atoms with Crippen molar-refractivity contribution in [3.05, 3.63) is 70.6 Å². The van der Waals surface area contributed by atoms with Crippen LogP contribution >= 0.6 is 0 Å². The summed E-state index contributed by atoms with van der Waals surface area (Å²) < 4.78 is 11.1. The molecule has 0 bridgehead atoms. The van der Waals surface area contributed by atoms with Gasteiger partial charge in [0.25, 0.3) is 5.91 Å². The minimum absolute atomic E-state index is 0.164. The van der Waals surface area contributed by atoms with Gasteiger partial charge in [-0.25, -0.2) is 4.79 Å². The van der Waals surface area contributed by atoms with Gasteiger partial charge in [0, 0.05) is 30.3 Å². The molecule has 2 aromatic carbocycles. The molecule has 0 aliphatic carbocycles. The lowest BCUT2D eigenvalue weighted by Crippen LogP contribution is -2.37. The Bertz CT molecular complexity index is 994. The second-order valence-corrected chi connectivity index (χ2v) is 6.49. The minimum atomic E-state index is -0.682.